The van der Waals surface area contributed by atoms with Crippen LogP contribution in [0.25, 0.3) is 0 Å². The van der Waals surface area contributed by atoms with Crippen LogP contribution in [0.2, 0.25) is 0 Å². The molecule has 0 saturated heterocycles. The van der Waals surface area contributed by atoms with Gasteiger partial charge in [-0.3, -0.25) is 9.59 Å². The molecule has 0 atom stereocenters. The molecule has 0 aliphatic rings. The van der Waals surface area contributed by atoms with Crippen molar-refractivity contribution in [3.8, 4) is 0 Å². The third-order valence-electron chi connectivity index (χ3n) is 3.09. The Kier molecular flexibility index (Phi) is 5.56. The summed E-state index contributed by atoms with van der Waals surface area (Å²) in [6.07, 6.45) is 1.01. The lowest BCUT2D eigenvalue weighted by molar-refractivity contribution is 0.0964. The zero-order valence-electron chi connectivity index (χ0n) is 12.7. The SMILES string of the molecule is CNC(=O)c1c(N(C)CCC(C)C)sc(C(C)=O)c1N. The van der Waals surface area contributed by atoms with Crippen molar-refractivity contribution in [3.63, 3.8) is 0 Å². The molecule has 0 aromatic carbocycles. The average Bonchev–Trinajstić information content (AvgIpc) is 2.72. The summed E-state index contributed by atoms with van der Waals surface area (Å²) in [7, 11) is 3.48. The van der Waals surface area contributed by atoms with Crippen LogP contribution in [0.4, 0.5) is 10.7 Å². The lowest BCUT2D eigenvalue weighted by Gasteiger charge is -2.20. The average molecular weight is 297 g/mol. The van der Waals surface area contributed by atoms with Gasteiger partial charge in [-0.15, -0.1) is 11.3 Å². The highest BCUT2D eigenvalue weighted by molar-refractivity contribution is 7.19. The van der Waals surface area contributed by atoms with Crippen LogP contribution in [0, 0.1) is 5.92 Å². The summed E-state index contributed by atoms with van der Waals surface area (Å²) in [6.45, 7) is 6.58. The summed E-state index contributed by atoms with van der Waals surface area (Å²) < 4.78 is 0. The largest absolute Gasteiger partial charge is 0.397 e. The molecule has 0 bridgehead atoms. The van der Waals surface area contributed by atoms with E-state index in [1.807, 2.05) is 11.9 Å². The monoisotopic (exact) mass is 297 g/mol. The quantitative estimate of drug-likeness (QED) is 0.790. The molecule has 6 heteroatoms. The van der Waals surface area contributed by atoms with E-state index in [1.165, 1.54) is 18.3 Å². The Labute approximate surface area is 124 Å². The van der Waals surface area contributed by atoms with E-state index in [2.05, 4.69) is 19.2 Å². The summed E-state index contributed by atoms with van der Waals surface area (Å²) in [5.74, 6) is 0.212. The summed E-state index contributed by atoms with van der Waals surface area (Å²) in [5.41, 5.74) is 6.67. The Morgan fingerprint density at radius 3 is 2.45 bits per heavy atom. The number of carbonyl (C=O) groups excluding carboxylic acids is 2. The van der Waals surface area contributed by atoms with Crippen molar-refractivity contribution in [1.29, 1.82) is 0 Å². The van der Waals surface area contributed by atoms with Crippen molar-refractivity contribution >= 4 is 33.7 Å². The molecule has 1 rings (SSSR count). The molecule has 1 aromatic heterocycles. The molecule has 0 aliphatic carbocycles. The fourth-order valence-corrected chi connectivity index (χ4v) is 2.96. The van der Waals surface area contributed by atoms with Gasteiger partial charge in [0.25, 0.3) is 5.91 Å². The van der Waals surface area contributed by atoms with Gasteiger partial charge in [-0.1, -0.05) is 13.8 Å². The van der Waals surface area contributed by atoms with E-state index in [0.717, 1.165) is 18.0 Å². The predicted octanol–water partition coefficient (Wildman–Crippen LogP) is 2.37. The molecule has 20 heavy (non-hydrogen) atoms. The molecule has 1 aromatic rings. The summed E-state index contributed by atoms with van der Waals surface area (Å²) >= 11 is 1.29. The molecule has 0 aliphatic heterocycles. The van der Waals surface area contributed by atoms with Gasteiger partial charge in [0.05, 0.1) is 16.1 Å². The van der Waals surface area contributed by atoms with Crippen LogP contribution < -0.4 is 16.0 Å². The molecule has 0 unspecified atom stereocenters. The van der Waals surface area contributed by atoms with Crippen LogP contribution in [0.1, 0.15) is 47.2 Å². The number of ketones is 1. The molecular formula is C14H23N3O2S. The Balaban J connectivity index is 3.19. The maximum absolute atomic E-state index is 12.0. The standard InChI is InChI=1S/C14H23N3O2S/c1-8(2)6-7-17(5)14-10(13(19)16-4)11(15)12(20-14)9(3)18/h8H,6-7,15H2,1-5H3,(H,16,19). The van der Waals surface area contributed by atoms with Crippen LogP contribution in [0.3, 0.4) is 0 Å². The Morgan fingerprint density at radius 2 is 2.00 bits per heavy atom. The van der Waals surface area contributed by atoms with Gasteiger partial charge in [0, 0.05) is 27.6 Å². The molecule has 5 nitrogen and oxygen atoms in total. The number of hydrogen-bond donors (Lipinski definition) is 2. The Bertz CT molecular complexity index is 509. The first-order valence-corrected chi connectivity index (χ1v) is 7.47. The van der Waals surface area contributed by atoms with Gasteiger partial charge < -0.3 is 16.0 Å². The molecular weight excluding hydrogens is 274 g/mol. The highest BCUT2D eigenvalue weighted by Crippen LogP contribution is 2.38. The molecule has 0 spiro atoms. The number of nitrogens with one attached hydrogen (secondary N) is 1. The summed E-state index contributed by atoms with van der Waals surface area (Å²) in [5, 5.41) is 3.34. The second-order valence-electron chi connectivity index (χ2n) is 5.26. The van der Waals surface area contributed by atoms with Gasteiger partial charge in [0.15, 0.2) is 5.78 Å². The molecule has 112 valence electrons. The third-order valence-corrected chi connectivity index (χ3v) is 4.51. The minimum atomic E-state index is -0.252. The first-order chi connectivity index (χ1) is 9.29. The minimum Gasteiger partial charge on any atom is -0.397 e. The fraction of sp³-hybridized carbons (Fsp3) is 0.571. The second-order valence-corrected chi connectivity index (χ2v) is 6.26. The van der Waals surface area contributed by atoms with E-state index in [0.29, 0.717) is 16.4 Å². The molecule has 3 N–H and O–H groups in total. The maximum Gasteiger partial charge on any atom is 0.256 e. The van der Waals surface area contributed by atoms with Crippen LogP contribution in [-0.2, 0) is 0 Å². The molecule has 0 fully saturated rings. The lowest BCUT2D eigenvalue weighted by atomic mass is 10.1. The summed E-state index contributed by atoms with van der Waals surface area (Å²) in [6, 6.07) is 0. The number of nitrogens with two attached hydrogens (primary N) is 1. The molecule has 0 radical (unpaired) electrons. The smallest absolute Gasteiger partial charge is 0.256 e. The van der Waals surface area contributed by atoms with Gasteiger partial charge in [-0.25, -0.2) is 0 Å². The maximum atomic E-state index is 12.0. The second kappa shape index (κ2) is 6.74. The highest BCUT2D eigenvalue weighted by Gasteiger charge is 2.25. The molecule has 0 saturated carbocycles. The number of anilines is 2. The number of rotatable bonds is 6. The van der Waals surface area contributed by atoms with E-state index in [9.17, 15) is 9.59 Å². The van der Waals surface area contributed by atoms with Gasteiger partial charge in [-0.05, 0) is 12.3 Å². The van der Waals surface area contributed by atoms with Gasteiger partial charge in [0.1, 0.15) is 5.00 Å². The fourth-order valence-electron chi connectivity index (χ4n) is 1.86. The van der Waals surface area contributed by atoms with Crippen molar-refractivity contribution in [1.82, 2.24) is 5.32 Å². The first-order valence-electron chi connectivity index (χ1n) is 6.66. The van der Waals surface area contributed by atoms with Crippen molar-refractivity contribution in [3.05, 3.63) is 10.4 Å². The number of thiophene rings is 1. The van der Waals surface area contributed by atoms with E-state index < -0.39 is 0 Å². The van der Waals surface area contributed by atoms with Crippen molar-refractivity contribution in [2.75, 3.05) is 31.3 Å². The van der Waals surface area contributed by atoms with Crippen LogP contribution >= 0.6 is 11.3 Å². The van der Waals surface area contributed by atoms with Crippen LogP contribution in [-0.4, -0.2) is 32.3 Å². The normalized spacial score (nSPS) is 10.7. The van der Waals surface area contributed by atoms with Crippen molar-refractivity contribution in [2.45, 2.75) is 27.2 Å². The van der Waals surface area contributed by atoms with Crippen molar-refractivity contribution < 1.29 is 9.59 Å². The van der Waals surface area contributed by atoms with Gasteiger partial charge >= 0.3 is 0 Å². The Morgan fingerprint density at radius 1 is 1.40 bits per heavy atom. The Hall–Kier alpha value is -1.56. The number of Topliss-reactive ketones (excluding diaryl/α,β-unsaturated/α-hetero) is 1. The third kappa shape index (κ3) is 3.50. The molecule has 1 amide bonds. The van der Waals surface area contributed by atoms with E-state index >= 15 is 0 Å². The number of nitrogen functional groups attached to an aromatic ring is 1. The van der Waals surface area contributed by atoms with Crippen LogP contribution in [0.15, 0.2) is 0 Å². The lowest BCUT2D eigenvalue weighted by Crippen LogP contribution is -2.25. The van der Waals surface area contributed by atoms with Crippen molar-refractivity contribution in [2.24, 2.45) is 5.92 Å². The molecule has 1 heterocycles. The first kappa shape index (κ1) is 16.5. The number of amides is 1. The van der Waals surface area contributed by atoms with E-state index in [4.69, 9.17) is 5.73 Å². The van der Waals surface area contributed by atoms with Crippen LogP contribution in [0.5, 0.6) is 0 Å². The zero-order chi connectivity index (χ0) is 15.4. The number of nitrogens with zero attached hydrogens (tertiary/aromatic N) is 1. The number of carbonyl (C=O) groups is 2. The van der Waals surface area contributed by atoms with E-state index in [-0.39, 0.29) is 17.4 Å². The van der Waals surface area contributed by atoms with Gasteiger partial charge in [0.2, 0.25) is 0 Å². The predicted molar refractivity (Wildman–Crippen MR) is 84.9 cm³/mol. The minimum absolute atomic E-state index is 0.110. The number of hydrogen-bond acceptors (Lipinski definition) is 5. The van der Waals surface area contributed by atoms with E-state index in [1.54, 1.807) is 7.05 Å². The summed E-state index contributed by atoms with van der Waals surface area (Å²) in [4.78, 5) is 26.1. The van der Waals surface area contributed by atoms with Gasteiger partial charge in [-0.2, -0.15) is 0 Å². The highest BCUT2D eigenvalue weighted by atomic mass is 32.1. The topological polar surface area (TPSA) is 75.4 Å². The zero-order valence-corrected chi connectivity index (χ0v) is 13.6.